The number of rotatable bonds is 6. The Hall–Kier alpha value is -3.05. The Balaban J connectivity index is 1.72. The first-order valence-corrected chi connectivity index (χ1v) is 11.3. The van der Waals surface area contributed by atoms with Crippen LogP contribution in [0.4, 0.5) is 14.5 Å². The summed E-state index contributed by atoms with van der Waals surface area (Å²) in [5, 5.41) is 2.28. The average Bonchev–Trinajstić information content (AvgIpc) is 2.70. The maximum absolute atomic E-state index is 13.6. The van der Waals surface area contributed by atoms with E-state index in [1.165, 1.54) is 12.1 Å². The van der Waals surface area contributed by atoms with Gasteiger partial charge in [-0.05, 0) is 49.2 Å². The quantitative estimate of drug-likeness (QED) is 0.427. The summed E-state index contributed by atoms with van der Waals surface area (Å²) in [7, 11) is -4.07. The van der Waals surface area contributed by atoms with Gasteiger partial charge in [-0.2, -0.15) is 0 Å². The smallest absolute Gasteiger partial charge is 0.270 e. The van der Waals surface area contributed by atoms with Gasteiger partial charge in [-0.25, -0.2) is 22.2 Å². The fourth-order valence-electron chi connectivity index (χ4n) is 2.55. The second-order valence-electron chi connectivity index (χ2n) is 6.59. The molecule has 1 aromatic heterocycles. The maximum Gasteiger partial charge on any atom is 0.270 e. The highest BCUT2D eigenvalue weighted by atomic mass is 32.2. The van der Waals surface area contributed by atoms with Gasteiger partial charge in [-0.3, -0.25) is 9.59 Å². The molecule has 0 atom stereocenters. The van der Waals surface area contributed by atoms with Crippen LogP contribution in [0.3, 0.4) is 0 Å². The Labute approximate surface area is 180 Å². The van der Waals surface area contributed by atoms with Crippen molar-refractivity contribution in [1.29, 1.82) is 0 Å². The van der Waals surface area contributed by atoms with Gasteiger partial charge in [0.1, 0.15) is 11.6 Å². The minimum absolute atomic E-state index is 0.0127. The van der Waals surface area contributed by atoms with Crippen molar-refractivity contribution in [2.24, 2.45) is 0 Å². The number of anilines is 1. The molecule has 0 spiro atoms. The normalized spacial score (nSPS) is 11.4. The number of carbonyl (C=O) groups is 1. The molecule has 2 aromatic carbocycles. The Morgan fingerprint density at radius 1 is 1.13 bits per heavy atom. The van der Waals surface area contributed by atoms with Gasteiger partial charge in [-0.15, -0.1) is 0 Å². The minimum atomic E-state index is -4.07. The molecule has 3 rings (SSSR count). The number of sulfone groups is 1. The number of H-pyrrole nitrogens is 1. The Bertz CT molecular complexity index is 1320. The van der Waals surface area contributed by atoms with Crippen LogP contribution in [-0.4, -0.2) is 30.0 Å². The number of amides is 1. The number of aryl methyl sites for hydroxylation is 2. The predicted molar refractivity (Wildman–Crippen MR) is 112 cm³/mol. The number of hydrogen-bond donors (Lipinski definition) is 2. The number of carbonyl (C=O) groups excluding carboxylic acids is 1. The molecule has 1 amide bonds. The van der Waals surface area contributed by atoms with Crippen molar-refractivity contribution >= 4 is 33.2 Å². The molecule has 162 valence electrons. The Morgan fingerprint density at radius 3 is 2.52 bits per heavy atom. The van der Waals surface area contributed by atoms with E-state index in [0.29, 0.717) is 6.07 Å². The van der Waals surface area contributed by atoms with Gasteiger partial charge in [0.05, 0.1) is 22.5 Å². The summed E-state index contributed by atoms with van der Waals surface area (Å²) in [5.41, 5.74) is 0.613. The largest absolute Gasteiger partial charge is 0.323 e. The molecule has 0 aliphatic carbocycles. The van der Waals surface area contributed by atoms with Crippen molar-refractivity contribution in [2.45, 2.75) is 28.8 Å². The van der Waals surface area contributed by atoms with Crippen molar-refractivity contribution in [3.8, 4) is 0 Å². The lowest BCUT2D eigenvalue weighted by atomic mass is 10.1. The summed E-state index contributed by atoms with van der Waals surface area (Å²) in [6, 6.07) is 7.26. The molecule has 0 aliphatic heterocycles. The van der Waals surface area contributed by atoms with Crippen molar-refractivity contribution in [3.05, 3.63) is 75.7 Å². The van der Waals surface area contributed by atoms with Crippen LogP contribution in [0.1, 0.15) is 11.1 Å². The van der Waals surface area contributed by atoms with Crippen LogP contribution in [-0.2, 0) is 14.6 Å². The molecule has 0 saturated heterocycles. The second kappa shape index (κ2) is 8.98. The van der Waals surface area contributed by atoms with E-state index in [9.17, 15) is 26.8 Å². The topological polar surface area (TPSA) is 109 Å². The third kappa shape index (κ3) is 5.17. The maximum atomic E-state index is 13.6. The minimum Gasteiger partial charge on any atom is -0.323 e. The number of aromatic amines is 1. The van der Waals surface area contributed by atoms with Crippen molar-refractivity contribution < 1.29 is 22.0 Å². The predicted octanol–water partition coefficient (Wildman–Crippen LogP) is 3.23. The van der Waals surface area contributed by atoms with Gasteiger partial charge in [0.25, 0.3) is 5.56 Å². The van der Waals surface area contributed by atoms with E-state index in [-0.39, 0.29) is 21.5 Å². The average molecular weight is 466 g/mol. The molecule has 0 fully saturated rings. The number of halogens is 2. The van der Waals surface area contributed by atoms with Gasteiger partial charge in [-0.1, -0.05) is 17.8 Å². The van der Waals surface area contributed by atoms with Crippen LogP contribution >= 0.6 is 11.8 Å². The molecule has 7 nitrogen and oxygen atoms in total. The summed E-state index contributed by atoms with van der Waals surface area (Å²) in [4.78, 5) is 30.0. The lowest BCUT2D eigenvalue weighted by Crippen LogP contribution is -2.20. The molecule has 0 saturated carbocycles. The van der Waals surface area contributed by atoms with Crippen LogP contribution < -0.4 is 10.9 Å². The monoisotopic (exact) mass is 465 g/mol. The van der Waals surface area contributed by atoms with Gasteiger partial charge >= 0.3 is 0 Å². The van der Waals surface area contributed by atoms with Crippen molar-refractivity contribution in [3.63, 3.8) is 0 Å². The fourth-order valence-corrected chi connectivity index (χ4v) is 4.50. The number of hydrogen-bond acceptors (Lipinski definition) is 6. The summed E-state index contributed by atoms with van der Waals surface area (Å²) in [6.45, 7) is 3.60. The van der Waals surface area contributed by atoms with E-state index in [4.69, 9.17) is 0 Å². The van der Waals surface area contributed by atoms with Gasteiger partial charge in [0.15, 0.2) is 10.1 Å². The Kier molecular flexibility index (Phi) is 6.56. The van der Waals surface area contributed by atoms with Gasteiger partial charge < -0.3 is 10.3 Å². The third-order valence-corrected chi connectivity index (χ3v) is 7.00. The first-order valence-electron chi connectivity index (χ1n) is 8.87. The van der Waals surface area contributed by atoms with Crippen molar-refractivity contribution in [2.75, 3.05) is 11.1 Å². The zero-order valence-electron chi connectivity index (χ0n) is 16.4. The molecular weight excluding hydrogens is 448 g/mol. The number of benzene rings is 2. The van der Waals surface area contributed by atoms with E-state index in [2.05, 4.69) is 15.3 Å². The van der Waals surface area contributed by atoms with Crippen LogP contribution in [0, 0.1) is 25.5 Å². The zero-order chi connectivity index (χ0) is 22.8. The molecule has 0 aliphatic rings. The fraction of sp³-hybridized carbons (Fsp3) is 0.150. The number of aromatic nitrogens is 2. The van der Waals surface area contributed by atoms with E-state index >= 15 is 0 Å². The summed E-state index contributed by atoms with van der Waals surface area (Å²) >= 11 is 0.820. The van der Waals surface area contributed by atoms with Crippen LogP contribution in [0.5, 0.6) is 0 Å². The highest BCUT2D eigenvalue weighted by Gasteiger charge is 2.23. The first-order chi connectivity index (χ1) is 14.6. The van der Waals surface area contributed by atoms with Crippen LogP contribution in [0.25, 0.3) is 0 Å². The number of nitrogens with one attached hydrogen (secondary N) is 2. The lowest BCUT2D eigenvalue weighted by molar-refractivity contribution is -0.113. The number of thioether (sulfide) groups is 1. The SMILES string of the molecule is Cc1ccc(S(=O)(=O)c2cnc(SCC(=O)Nc3ccc(F)cc3F)[nH]c2=O)cc1C. The van der Waals surface area contributed by atoms with Crippen LogP contribution in [0.15, 0.2) is 62.3 Å². The molecule has 0 bridgehead atoms. The first kappa shape index (κ1) is 22.6. The standard InChI is InChI=1S/C20H17F2N3O4S2/c1-11-3-5-14(7-12(11)2)31(28,29)17-9-23-20(25-19(17)27)30-10-18(26)24-16-6-4-13(21)8-15(16)22/h3-9H,10H2,1-2H3,(H,24,26)(H,23,25,27). The van der Waals surface area contributed by atoms with Crippen molar-refractivity contribution in [1.82, 2.24) is 9.97 Å². The highest BCUT2D eigenvalue weighted by molar-refractivity contribution is 7.99. The number of nitrogens with zero attached hydrogens (tertiary/aromatic N) is 1. The molecule has 1 heterocycles. The van der Waals surface area contributed by atoms with E-state index in [0.717, 1.165) is 41.2 Å². The van der Waals surface area contributed by atoms with Crippen LogP contribution in [0.2, 0.25) is 0 Å². The third-order valence-electron chi connectivity index (χ3n) is 4.37. The molecular formula is C20H17F2N3O4S2. The van der Waals surface area contributed by atoms with E-state index < -0.39 is 37.8 Å². The summed E-state index contributed by atoms with van der Waals surface area (Å²) < 4.78 is 52.0. The second-order valence-corrected chi connectivity index (χ2v) is 9.47. The van der Waals surface area contributed by atoms with E-state index in [1.807, 2.05) is 6.92 Å². The van der Waals surface area contributed by atoms with E-state index in [1.54, 1.807) is 13.0 Å². The Morgan fingerprint density at radius 2 is 1.87 bits per heavy atom. The molecule has 11 heteroatoms. The van der Waals surface area contributed by atoms with Gasteiger partial charge in [0, 0.05) is 6.07 Å². The lowest BCUT2D eigenvalue weighted by Gasteiger charge is -2.08. The molecule has 2 N–H and O–H groups in total. The summed E-state index contributed by atoms with van der Waals surface area (Å²) in [5.74, 6) is -2.57. The molecule has 0 unspecified atom stereocenters. The summed E-state index contributed by atoms with van der Waals surface area (Å²) in [6.07, 6.45) is 0.934. The molecule has 0 radical (unpaired) electrons. The van der Waals surface area contributed by atoms with Gasteiger partial charge in [0.2, 0.25) is 15.7 Å². The molecule has 31 heavy (non-hydrogen) atoms. The zero-order valence-corrected chi connectivity index (χ0v) is 18.0. The highest BCUT2D eigenvalue weighted by Crippen LogP contribution is 2.21. The molecule has 3 aromatic rings.